The number of likely N-dealkylation sites (N-methyl/N-ethyl adjacent to an activating group) is 1. The van der Waals surface area contributed by atoms with Gasteiger partial charge in [-0.15, -0.1) is 0 Å². The molecule has 5 heteroatoms. The van der Waals surface area contributed by atoms with Crippen molar-refractivity contribution < 1.29 is 14.3 Å². The molecule has 98 valence electrons. The maximum Gasteiger partial charge on any atom is 0.325 e. The molecule has 0 N–H and O–H groups in total. The Balaban J connectivity index is 2.76. The van der Waals surface area contributed by atoms with E-state index in [4.69, 9.17) is 4.74 Å². The molecule has 0 radical (unpaired) electrons. The number of hydrogen-bond acceptors (Lipinski definition) is 3. The SMILES string of the molecule is CCOC(=O)CN(CC)C(=O)c1cccc(Br)c1. The predicted octanol–water partition coefficient (Wildman–Crippen LogP) is 2.47. The zero-order valence-corrected chi connectivity index (χ0v) is 12.1. The summed E-state index contributed by atoms with van der Waals surface area (Å²) < 4.78 is 5.68. The molecule has 4 nitrogen and oxygen atoms in total. The van der Waals surface area contributed by atoms with E-state index in [1.54, 1.807) is 25.1 Å². The third kappa shape index (κ3) is 4.14. The second kappa shape index (κ2) is 7.16. The molecule has 0 aliphatic heterocycles. The molecule has 0 bridgehead atoms. The highest BCUT2D eigenvalue weighted by Crippen LogP contribution is 2.13. The monoisotopic (exact) mass is 313 g/mol. The van der Waals surface area contributed by atoms with Crippen LogP contribution in [0.2, 0.25) is 0 Å². The summed E-state index contributed by atoms with van der Waals surface area (Å²) in [5, 5.41) is 0. The van der Waals surface area contributed by atoms with Crippen LogP contribution in [0.3, 0.4) is 0 Å². The van der Waals surface area contributed by atoms with E-state index >= 15 is 0 Å². The fourth-order valence-corrected chi connectivity index (χ4v) is 1.89. The van der Waals surface area contributed by atoms with Crippen LogP contribution in [-0.2, 0) is 9.53 Å². The number of benzene rings is 1. The lowest BCUT2D eigenvalue weighted by atomic mass is 10.2. The second-order valence-corrected chi connectivity index (χ2v) is 4.55. The van der Waals surface area contributed by atoms with Crippen molar-refractivity contribution in [3.05, 3.63) is 34.3 Å². The average molecular weight is 314 g/mol. The normalized spacial score (nSPS) is 9.94. The van der Waals surface area contributed by atoms with E-state index in [1.807, 2.05) is 13.0 Å². The highest BCUT2D eigenvalue weighted by atomic mass is 79.9. The Kier molecular flexibility index (Phi) is 5.85. The minimum atomic E-state index is -0.386. The van der Waals surface area contributed by atoms with Crippen LogP contribution in [0.25, 0.3) is 0 Å². The number of esters is 1. The third-order valence-corrected chi connectivity index (χ3v) is 2.86. The first-order valence-electron chi connectivity index (χ1n) is 5.79. The second-order valence-electron chi connectivity index (χ2n) is 3.63. The highest BCUT2D eigenvalue weighted by Gasteiger charge is 2.17. The van der Waals surface area contributed by atoms with Crippen molar-refractivity contribution in [2.24, 2.45) is 0 Å². The number of ether oxygens (including phenoxy) is 1. The van der Waals surface area contributed by atoms with E-state index in [2.05, 4.69) is 15.9 Å². The van der Waals surface area contributed by atoms with E-state index < -0.39 is 0 Å². The van der Waals surface area contributed by atoms with Crippen molar-refractivity contribution in [3.8, 4) is 0 Å². The summed E-state index contributed by atoms with van der Waals surface area (Å²) in [5.74, 6) is -0.561. The van der Waals surface area contributed by atoms with Gasteiger partial charge in [-0.1, -0.05) is 22.0 Å². The van der Waals surface area contributed by atoms with Crippen molar-refractivity contribution in [2.75, 3.05) is 19.7 Å². The molecule has 0 atom stereocenters. The van der Waals surface area contributed by atoms with Crippen molar-refractivity contribution in [1.29, 1.82) is 0 Å². The van der Waals surface area contributed by atoms with E-state index in [0.717, 1.165) is 4.47 Å². The van der Waals surface area contributed by atoms with Crippen LogP contribution in [-0.4, -0.2) is 36.5 Å². The maximum absolute atomic E-state index is 12.2. The van der Waals surface area contributed by atoms with Crippen LogP contribution in [0.5, 0.6) is 0 Å². The zero-order valence-electron chi connectivity index (χ0n) is 10.5. The maximum atomic E-state index is 12.2. The smallest absolute Gasteiger partial charge is 0.325 e. The van der Waals surface area contributed by atoms with Crippen LogP contribution in [0, 0.1) is 0 Å². The van der Waals surface area contributed by atoms with Gasteiger partial charge in [0.2, 0.25) is 0 Å². The molecule has 0 heterocycles. The van der Waals surface area contributed by atoms with Crippen molar-refractivity contribution in [3.63, 3.8) is 0 Å². The Bertz CT molecular complexity index is 434. The van der Waals surface area contributed by atoms with Gasteiger partial charge >= 0.3 is 5.97 Å². The quantitative estimate of drug-likeness (QED) is 0.785. The molecule has 1 rings (SSSR count). The Morgan fingerprint density at radius 3 is 2.61 bits per heavy atom. The minimum Gasteiger partial charge on any atom is -0.465 e. The summed E-state index contributed by atoms with van der Waals surface area (Å²) in [4.78, 5) is 25.0. The largest absolute Gasteiger partial charge is 0.465 e. The van der Waals surface area contributed by atoms with E-state index in [9.17, 15) is 9.59 Å². The average Bonchev–Trinajstić information content (AvgIpc) is 2.35. The molecule has 0 saturated heterocycles. The molecule has 0 aliphatic rings. The summed E-state index contributed by atoms with van der Waals surface area (Å²) in [6.45, 7) is 4.33. The summed E-state index contributed by atoms with van der Waals surface area (Å²) in [5.41, 5.74) is 0.551. The lowest BCUT2D eigenvalue weighted by Crippen LogP contribution is -2.36. The molecular formula is C13H16BrNO3. The first-order valence-corrected chi connectivity index (χ1v) is 6.58. The van der Waals surface area contributed by atoms with Gasteiger partial charge in [0.25, 0.3) is 5.91 Å². The highest BCUT2D eigenvalue weighted by molar-refractivity contribution is 9.10. The molecule has 0 saturated carbocycles. The van der Waals surface area contributed by atoms with Gasteiger partial charge in [0.1, 0.15) is 6.54 Å². The molecule has 0 fully saturated rings. The third-order valence-electron chi connectivity index (χ3n) is 2.37. The number of amides is 1. The number of carbonyl (C=O) groups is 2. The molecule has 1 amide bonds. The number of hydrogen-bond donors (Lipinski definition) is 0. The van der Waals surface area contributed by atoms with Crippen LogP contribution >= 0.6 is 15.9 Å². The molecule has 1 aromatic rings. The fourth-order valence-electron chi connectivity index (χ4n) is 1.49. The lowest BCUT2D eigenvalue weighted by molar-refractivity contribution is -0.143. The van der Waals surface area contributed by atoms with Crippen LogP contribution < -0.4 is 0 Å². The molecular weight excluding hydrogens is 298 g/mol. The first kappa shape index (κ1) is 14.7. The Morgan fingerprint density at radius 2 is 2.06 bits per heavy atom. The summed E-state index contributed by atoms with van der Waals surface area (Å²) >= 11 is 3.31. The van der Waals surface area contributed by atoms with Crippen LogP contribution in [0.4, 0.5) is 0 Å². The van der Waals surface area contributed by atoms with Gasteiger partial charge in [-0.05, 0) is 32.0 Å². The van der Waals surface area contributed by atoms with Gasteiger partial charge < -0.3 is 9.64 Å². The standard InChI is InChI=1S/C13H16BrNO3/c1-3-15(9-12(16)18-4-2)13(17)10-6-5-7-11(14)8-10/h5-8H,3-4,9H2,1-2H3. The molecule has 0 aromatic heterocycles. The first-order chi connectivity index (χ1) is 8.58. The molecule has 18 heavy (non-hydrogen) atoms. The zero-order chi connectivity index (χ0) is 13.5. The van der Waals surface area contributed by atoms with Gasteiger partial charge in [0, 0.05) is 16.6 Å². The summed E-state index contributed by atoms with van der Waals surface area (Å²) in [6.07, 6.45) is 0. The Labute approximate surface area is 115 Å². The Hall–Kier alpha value is -1.36. The number of nitrogens with zero attached hydrogens (tertiary/aromatic N) is 1. The summed E-state index contributed by atoms with van der Waals surface area (Å²) in [7, 11) is 0. The molecule has 0 aliphatic carbocycles. The fraction of sp³-hybridized carbons (Fsp3) is 0.385. The van der Waals surface area contributed by atoms with E-state index in [0.29, 0.717) is 18.7 Å². The van der Waals surface area contributed by atoms with Crippen molar-refractivity contribution in [2.45, 2.75) is 13.8 Å². The predicted molar refractivity (Wildman–Crippen MR) is 72.4 cm³/mol. The van der Waals surface area contributed by atoms with Crippen molar-refractivity contribution >= 4 is 27.8 Å². The van der Waals surface area contributed by atoms with E-state index in [-0.39, 0.29) is 18.4 Å². The van der Waals surface area contributed by atoms with Gasteiger partial charge in [-0.25, -0.2) is 0 Å². The van der Waals surface area contributed by atoms with Gasteiger partial charge in [-0.2, -0.15) is 0 Å². The van der Waals surface area contributed by atoms with Gasteiger partial charge in [0.15, 0.2) is 0 Å². The van der Waals surface area contributed by atoms with Gasteiger partial charge in [0.05, 0.1) is 6.61 Å². The minimum absolute atomic E-state index is 0.0182. The molecule has 0 unspecified atom stereocenters. The Morgan fingerprint density at radius 1 is 1.33 bits per heavy atom. The number of halogens is 1. The van der Waals surface area contributed by atoms with E-state index in [1.165, 1.54) is 4.90 Å². The van der Waals surface area contributed by atoms with Crippen LogP contribution in [0.1, 0.15) is 24.2 Å². The number of carbonyl (C=O) groups excluding carboxylic acids is 2. The molecule has 0 spiro atoms. The van der Waals surface area contributed by atoms with Crippen LogP contribution in [0.15, 0.2) is 28.7 Å². The topological polar surface area (TPSA) is 46.6 Å². The lowest BCUT2D eigenvalue weighted by Gasteiger charge is -2.19. The molecule has 1 aromatic carbocycles. The summed E-state index contributed by atoms with van der Waals surface area (Å²) in [6, 6.07) is 7.09. The van der Waals surface area contributed by atoms with Crippen molar-refractivity contribution in [1.82, 2.24) is 4.90 Å². The van der Waals surface area contributed by atoms with Gasteiger partial charge in [-0.3, -0.25) is 9.59 Å². The number of rotatable bonds is 5.